The predicted octanol–water partition coefficient (Wildman–Crippen LogP) is 3.81. The zero-order chi connectivity index (χ0) is 13.7. The molecule has 0 aromatic rings. The van der Waals surface area contributed by atoms with Gasteiger partial charge < -0.3 is 5.32 Å². The largest absolute Gasteiger partial charge is 0.313 e. The molecule has 1 saturated carbocycles. The zero-order valence-corrected chi connectivity index (χ0v) is 13.4. The minimum atomic E-state index is 0.581. The Labute approximate surface area is 120 Å². The minimum Gasteiger partial charge on any atom is -0.313 e. The fourth-order valence-corrected chi connectivity index (χ4v) is 3.91. The van der Waals surface area contributed by atoms with Gasteiger partial charge in [0.15, 0.2) is 0 Å². The van der Waals surface area contributed by atoms with E-state index in [1.807, 2.05) is 0 Å². The second-order valence-electron chi connectivity index (χ2n) is 7.48. The summed E-state index contributed by atoms with van der Waals surface area (Å²) in [4.78, 5) is 2.77. The molecule has 2 unspecified atom stereocenters. The van der Waals surface area contributed by atoms with E-state index in [1.54, 1.807) is 0 Å². The highest BCUT2D eigenvalue weighted by Crippen LogP contribution is 2.35. The molecule has 0 aromatic heterocycles. The van der Waals surface area contributed by atoms with Crippen molar-refractivity contribution >= 4 is 0 Å². The van der Waals surface area contributed by atoms with E-state index in [9.17, 15) is 0 Å². The Morgan fingerprint density at radius 1 is 1.05 bits per heavy atom. The first-order valence-corrected chi connectivity index (χ1v) is 8.58. The summed E-state index contributed by atoms with van der Waals surface area (Å²) in [6.07, 6.45) is 11.3. The smallest absolute Gasteiger partial charge is 0.0195 e. The van der Waals surface area contributed by atoms with Crippen LogP contribution < -0.4 is 5.32 Å². The van der Waals surface area contributed by atoms with Gasteiger partial charge in [-0.15, -0.1) is 0 Å². The Morgan fingerprint density at radius 3 is 2.58 bits per heavy atom. The summed E-state index contributed by atoms with van der Waals surface area (Å²) in [7, 11) is 0. The molecule has 2 atom stereocenters. The highest BCUT2D eigenvalue weighted by atomic mass is 15.2. The molecule has 1 aliphatic carbocycles. The van der Waals surface area contributed by atoms with Crippen LogP contribution in [0.5, 0.6) is 0 Å². The maximum absolute atomic E-state index is 3.71. The van der Waals surface area contributed by atoms with Crippen molar-refractivity contribution in [1.82, 2.24) is 10.2 Å². The van der Waals surface area contributed by atoms with Gasteiger partial charge >= 0.3 is 0 Å². The van der Waals surface area contributed by atoms with Crippen LogP contribution in [0.3, 0.4) is 0 Å². The molecule has 1 saturated heterocycles. The van der Waals surface area contributed by atoms with E-state index in [0.717, 1.165) is 12.1 Å². The maximum Gasteiger partial charge on any atom is 0.0195 e. The molecule has 1 N–H and O–H groups in total. The molecule has 1 heterocycles. The van der Waals surface area contributed by atoms with E-state index >= 15 is 0 Å². The molecule has 2 fully saturated rings. The third kappa shape index (κ3) is 4.75. The monoisotopic (exact) mass is 266 g/mol. The highest BCUT2D eigenvalue weighted by Gasteiger charge is 2.28. The zero-order valence-electron chi connectivity index (χ0n) is 13.4. The molecule has 19 heavy (non-hydrogen) atoms. The lowest BCUT2D eigenvalue weighted by Crippen LogP contribution is -2.47. The van der Waals surface area contributed by atoms with Crippen LogP contribution in [0.25, 0.3) is 0 Å². The second-order valence-corrected chi connectivity index (χ2v) is 7.48. The lowest BCUT2D eigenvalue weighted by molar-refractivity contribution is 0.156. The number of hydrogen-bond acceptors (Lipinski definition) is 2. The van der Waals surface area contributed by atoms with E-state index < -0.39 is 0 Å². The lowest BCUT2D eigenvalue weighted by atomic mass is 9.85. The standard InChI is InChI=1S/C17H34N2/c1-4-19(14-15-8-5-6-13-18-15)16-9-7-11-17(2,3)12-10-16/h15-16,18H,4-14H2,1-3H3. The maximum atomic E-state index is 3.71. The van der Waals surface area contributed by atoms with Crippen molar-refractivity contribution in [2.45, 2.75) is 84.2 Å². The molecule has 2 rings (SSSR count). The van der Waals surface area contributed by atoms with Gasteiger partial charge in [-0.25, -0.2) is 0 Å². The van der Waals surface area contributed by atoms with Crippen LogP contribution in [-0.2, 0) is 0 Å². The van der Waals surface area contributed by atoms with Crippen molar-refractivity contribution in [3.8, 4) is 0 Å². The molecule has 2 nitrogen and oxygen atoms in total. The van der Waals surface area contributed by atoms with E-state index in [-0.39, 0.29) is 0 Å². The van der Waals surface area contributed by atoms with Crippen LogP contribution in [0.4, 0.5) is 0 Å². The predicted molar refractivity (Wildman–Crippen MR) is 83.5 cm³/mol. The SMILES string of the molecule is CCN(CC1CCCCN1)C1CCCC(C)(C)CC1. The van der Waals surface area contributed by atoms with Gasteiger partial charge in [-0.2, -0.15) is 0 Å². The van der Waals surface area contributed by atoms with Crippen LogP contribution in [0.2, 0.25) is 0 Å². The van der Waals surface area contributed by atoms with Gasteiger partial charge in [-0.05, 0) is 57.0 Å². The summed E-state index contributed by atoms with van der Waals surface area (Å²) in [5, 5.41) is 3.71. The average molecular weight is 266 g/mol. The molecule has 0 spiro atoms. The lowest BCUT2D eigenvalue weighted by Gasteiger charge is -2.35. The molecular weight excluding hydrogens is 232 g/mol. The highest BCUT2D eigenvalue weighted by molar-refractivity contribution is 4.84. The molecule has 0 amide bonds. The summed E-state index contributed by atoms with van der Waals surface area (Å²) < 4.78 is 0. The molecule has 0 aromatic carbocycles. The van der Waals surface area contributed by atoms with Gasteiger partial charge in [0.1, 0.15) is 0 Å². The molecule has 112 valence electrons. The van der Waals surface area contributed by atoms with Gasteiger partial charge in [0.25, 0.3) is 0 Å². The topological polar surface area (TPSA) is 15.3 Å². The van der Waals surface area contributed by atoms with E-state index in [0.29, 0.717) is 5.41 Å². The third-order valence-electron chi connectivity index (χ3n) is 5.34. The second kappa shape index (κ2) is 7.08. The Kier molecular flexibility index (Phi) is 5.70. The Bertz CT molecular complexity index is 256. The number of nitrogens with one attached hydrogen (secondary N) is 1. The van der Waals surface area contributed by atoms with E-state index in [1.165, 1.54) is 71.0 Å². The van der Waals surface area contributed by atoms with Crippen LogP contribution in [0.15, 0.2) is 0 Å². The summed E-state index contributed by atoms with van der Waals surface area (Å²) in [5.41, 5.74) is 0.581. The molecule has 0 bridgehead atoms. The van der Waals surface area contributed by atoms with Gasteiger partial charge in [0, 0.05) is 18.6 Å². The first-order chi connectivity index (χ1) is 9.11. The number of piperidine rings is 1. The van der Waals surface area contributed by atoms with Crippen LogP contribution in [0.1, 0.15) is 72.1 Å². The Hall–Kier alpha value is -0.0800. The Morgan fingerprint density at radius 2 is 1.89 bits per heavy atom. The van der Waals surface area contributed by atoms with E-state index in [4.69, 9.17) is 0 Å². The van der Waals surface area contributed by atoms with Gasteiger partial charge in [0.2, 0.25) is 0 Å². The fraction of sp³-hybridized carbons (Fsp3) is 1.00. The molecule has 2 aliphatic rings. The number of likely N-dealkylation sites (N-methyl/N-ethyl adjacent to an activating group) is 1. The number of hydrogen-bond donors (Lipinski definition) is 1. The van der Waals surface area contributed by atoms with Crippen molar-refractivity contribution in [2.75, 3.05) is 19.6 Å². The minimum absolute atomic E-state index is 0.581. The fourth-order valence-electron chi connectivity index (χ4n) is 3.91. The first-order valence-electron chi connectivity index (χ1n) is 8.58. The molecule has 2 heteroatoms. The molecular formula is C17H34N2. The van der Waals surface area contributed by atoms with Crippen LogP contribution in [0, 0.1) is 5.41 Å². The number of nitrogens with zero attached hydrogens (tertiary/aromatic N) is 1. The van der Waals surface area contributed by atoms with Crippen molar-refractivity contribution in [3.63, 3.8) is 0 Å². The first kappa shape index (κ1) is 15.3. The molecule has 1 aliphatic heterocycles. The van der Waals surface area contributed by atoms with Gasteiger partial charge in [0.05, 0.1) is 0 Å². The van der Waals surface area contributed by atoms with Crippen molar-refractivity contribution in [3.05, 3.63) is 0 Å². The molecule has 0 radical (unpaired) electrons. The van der Waals surface area contributed by atoms with Crippen LogP contribution in [-0.4, -0.2) is 36.6 Å². The van der Waals surface area contributed by atoms with Crippen molar-refractivity contribution < 1.29 is 0 Å². The summed E-state index contributed by atoms with van der Waals surface area (Å²) in [6, 6.07) is 1.60. The Balaban J connectivity index is 1.85. The van der Waals surface area contributed by atoms with Gasteiger partial charge in [-0.1, -0.05) is 33.6 Å². The number of rotatable bonds is 4. The van der Waals surface area contributed by atoms with Crippen molar-refractivity contribution in [1.29, 1.82) is 0 Å². The quantitative estimate of drug-likeness (QED) is 0.778. The summed E-state index contributed by atoms with van der Waals surface area (Å²) in [5.74, 6) is 0. The summed E-state index contributed by atoms with van der Waals surface area (Å²) in [6.45, 7) is 11.0. The van der Waals surface area contributed by atoms with E-state index in [2.05, 4.69) is 31.0 Å². The third-order valence-corrected chi connectivity index (χ3v) is 5.34. The average Bonchev–Trinajstić information content (AvgIpc) is 2.58. The van der Waals surface area contributed by atoms with Gasteiger partial charge in [-0.3, -0.25) is 4.90 Å². The summed E-state index contributed by atoms with van der Waals surface area (Å²) >= 11 is 0. The normalized spacial score (nSPS) is 32.2. The van der Waals surface area contributed by atoms with Crippen molar-refractivity contribution in [2.24, 2.45) is 5.41 Å². The van der Waals surface area contributed by atoms with Crippen LogP contribution >= 0.6 is 0 Å².